The lowest BCUT2D eigenvalue weighted by Crippen LogP contribution is -2.54. The topological polar surface area (TPSA) is 186 Å². The van der Waals surface area contributed by atoms with E-state index in [0.717, 1.165) is 102 Å². The summed E-state index contributed by atoms with van der Waals surface area (Å²) in [5, 5.41) is 17.7. The van der Waals surface area contributed by atoms with E-state index in [4.69, 9.17) is 21.6 Å². The Balaban J connectivity index is 0.637. The second-order valence-electron chi connectivity index (χ2n) is 17.1. The Morgan fingerprint density at radius 1 is 0.701 bits per heavy atom. The molecule has 350 valence electrons. The molecule has 0 aliphatic carbocycles. The molecule has 18 heteroatoms. The van der Waals surface area contributed by atoms with E-state index >= 15 is 0 Å². The molecule has 1 unspecified atom stereocenters. The zero-order valence-corrected chi connectivity index (χ0v) is 39.6. The maximum atomic E-state index is 13.4. The molecule has 2 fully saturated rings. The van der Waals surface area contributed by atoms with Gasteiger partial charge < -0.3 is 20.9 Å². The third-order valence-electron chi connectivity index (χ3n) is 12.2. The average Bonchev–Trinajstić information content (AvgIpc) is 4.06. The lowest BCUT2D eigenvalue weighted by molar-refractivity contribution is -0.136. The quantitative estimate of drug-likeness (QED) is 0.0407. The fraction of sp³-hybridized carbons (Fsp3) is 0.388. The molecule has 0 spiro atoms. The molecule has 3 aliphatic rings. The van der Waals surface area contributed by atoms with Gasteiger partial charge in [-0.25, -0.2) is 9.97 Å². The van der Waals surface area contributed by atoms with Gasteiger partial charge in [0.25, 0.3) is 11.8 Å². The number of nitrogens with one attached hydrogen (secondary N) is 4. The van der Waals surface area contributed by atoms with E-state index in [2.05, 4.69) is 31.1 Å². The van der Waals surface area contributed by atoms with Crippen molar-refractivity contribution in [1.82, 2.24) is 30.0 Å². The summed E-state index contributed by atoms with van der Waals surface area (Å²) >= 11 is 9.07. The van der Waals surface area contributed by atoms with E-state index in [1.54, 1.807) is 23.5 Å². The molecule has 1 atom stereocenters. The molecule has 0 saturated carbocycles. The minimum absolute atomic E-state index is 0.0363. The van der Waals surface area contributed by atoms with E-state index < -0.39 is 29.7 Å². The Bertz CT molecular complexity index is 2580. The van der Waals surface area contributed by atoms with Crippen LogP contribution in [-0.2, 0) is 19.2 Å². The van der Waals surface area contributed by atoms with E-state index in [1.807, 2.05) is 59.3 Å². The van der Waals surface area contributed by atoms with Gasteiger partial charge in [0.2, 0.25) is 23.6 Å². The summed E-state index contributed by atoms with van der Waals surface area (Å²) in [5.74, 6) is -2.61. The zero-order chi connectivity index (χ0) is 46.7. The number of carbonyl (C=O) groups excluding carboxylic acids is 6. The van der Waals surface area contributed by atoms with Crippen LogP contribution in [0.15, 0.2) is 77.5 Å². The highest BCUT2D eigenvalue weighted by Gasteiger charge is 2.45. The molecule has 3 aromatic carbocycles. The number of carbonyl (C=O) groups is 6. The molecule has 5 aromatic rings. The number of nitrogens with zero attached hydrogens (tertiary/aromatic N) is 5. The van der Waals surface area contributed by atoms with Gasteiger partial charge in [-0.1, -0.05) is 74.7 Å². The number of benzene rings is 3. The van der Waals surface area contributed by atoms with Crippen LogP contribution in [0.1, 0.15) is 97.8 Å². The number of anilines is 4. The molecule has 2 aromatic heterocycles. The van der Waals surface area contributed by atoms with E-state index in [1.165, 1.54) is 49.5 Å². The van der Waals surface area contributed by atoms with Crippen LogP contribution in [-0.4, -0.2) is 105 Å². The van der Waals surface area contributed by atoms with E-state index in [0.29, 0.717) is 11.4 Å². The van der Waals surface area contributed by atoms with Crippen molar-refractivity contribution in [3.63, 3.8) is 0 Å². The summed E-state index contributed by atoms with van der Waals surface area (Å²) in [6.07, 6.45) is 10.8. The second-order valence-corrected chi connectivity index (χ2v) is 19.3. The Morgan fingerprint density at radius 2 is 1.37 bits per heavy atom. The molecule has 67 heavy (non-hydrogen) atoms. The molecule has 0 radical (unpaired) electrons. The number of piperazine rings is 1. The van der Waals surface area contributed by atoms with Crippen LogP contribution in [0.3, 0.4) is 0 Å². The third-order valence-corrected chi connectivity index (χ3v) is 14.1. The van der Waals surface area contributed by atoms with Gasteiger partial charge in [0.15, 0.2) is 5.13 Å². The number of piperidine rings is 1. The minimum atomic E-state index is -1.07. The van der Waals surface area contributed by atoms with Crippen LogP contribution in [0.2, 0.25) is 5.02 Å². The SMILES string of the molecule is O=C1CCC(N2C(=O)c3cccc(NC(=O)CN4CCN(CCCCCCCCCCCC(=O)Nc5ccc(-c6csc(-c7csc(Nc8ccc(Cl)cc8)n7)n6)cc5)CC4)c3C2=O)C(=O)N1. The zero-order valence-electron chi connectivity index (χ0n) is 37.2. The predicted molar refractivity (Wildman–Crippen MR) is 263 cm³/mol. The summed E-state index contributed by atoms with van der Waals surface area (Å²) < 4.78 is 0. The van der Waals surface area contributed by atoms with Crippen molar-refractivity contribution in [1.29, 1.82) is 0 Å². The van der Waals surface area contributed by atoms with Crippen molar-refractivity contribution in [2.75, 3.05) is 55.2 Å². The predicted octanol–water partition coefficient (Wildman–Crippen LogP) is 8.83. The first-order valence-electron chi connectivity index (χ1n) is 23.0. The van der Waals surface area contributed by atoms with E-state index in [-0.39, 0.29) is 48.0 Å². The molecular weight excluding hydrogens is 910 g/mol. The number of rotatable bonds is 21. The first kappa shape index (κ1) is 47.6. The monoisotopic (exact) mass is 963 g/mol. The van der Waals surface area contributed by atoms with Crippen LogP contribution in [0.5, 0.6) is 0 Å². The summed E-state index contributed by atoms with van der Waals surface area (Å²) in [7, 11) is 0. The van der Waals surface area contributed by atoms with Crippen molar-refractivity contribution in [3.8, 4) is 22.0 Å². The van der Waals surface area contributed by atoms with Gasteiger partial charge in [-0.3, -0.25) is 43.9 Å². The first-order chi connectivity index (χ1) is 32.6. The van der Waals surface area contributed by atoms with Crippen LogP contribution < -0.4 is 21.3 Å². The number of hydrogen-bond donors (Lipinski definition) is 4. The smallest absolute Gasteiger partial charge is 0.264 e. The number of imide groups is 2. The Labute approximate surface area is 402 Å². The number of halogens is 1. The Kier molecular flexibility index (Phi) is 16.2. The molecular formula is C49H54ClN9O6S2. The molecule has 0 bridgehead atoms. The number of hydrogen-bond acceptors (Lipinski definition) is 13. The molecule has 4 N–H and O–H groups in total. The fourth-order valence-corrected chi connectivity index (χ4v) is 10.3. The number of aromatic nitrogens is 2. The van der Waals surface area contributed by atoms with Crippen molar-refractivity contribution in [3.05, 3.63) is 93.6 Å². The van der Waals surface area contributed by atoms with E-state index in [9.17, 15) is 28.8 Å². The third kappa shape index (κ3) is 12.6. The van der Waals surface area contributed by atoms with Crippen LogP contribution in [0, 0.1) is 0 Å². The van der Waals surface area contributed by atoms with Gasteiger partial charge in [-0.05, 0) is 74.3 Å². The molecule has 5 heterocycles. The van der Waals surface area contributed by atoms with Crippen molar-refractivity contribution >= 4 is 91.9 Å². The van der Waals surface area contributed by atoms with Crippen LogP contribution in [0.25, 0.3) is 22.0 Å². The van der Waals surface area contributed by atoms with Gasteiger partial charge in [0, 0.05) is 71.7 Å². The normalized spacial score (nSPS) is 16.6. The largest absolute Gasteiger partial charge is 0.332 e. The summed E-state index contributed by atoms with van der Waals surface area (Å²) in [6.45, 7) is 4.47. The highest BCUT2D eigenvalue weighted by atomic mass is 35.5. The van der Waals surface area contributed by atoms with Gasteiger partial charge in [-0.15, -0.1) is 22.7 Å². The lowest BCUT2D eigenvalue weighted by atomic mass is 10.0. The van der Waals surface area contributed by atoms with Crippen LogP contribution in [0.4, 0.5) is 22.2 Å². The first-order valence-corrected chi connectivity index (χ1v) is 25.1. The number of fused-ring (bicyclic) bond motifs is 1. The summed E-state index contributed by atoms with van der Waals surface area (Å²) in [6, 6.07) is 18.9. The van der Waals surface area contributed by atoms with Crippen LogP contribution >= 0.6 is 34.3 Å². The highest BCUT2D eigenvalue weighted by Crippen LogP contribution is 2.34. The van der Waals surface area contributed by atoms with Crippen molar-refractivity contribution in [2.45, 2.75) is 83.1 Å². The molecule has 2 saturated heterocycles. The number of unbranched alkanes of at least 4 members (excludes halogenated alkanes) is 8. The van der Waals surface area contributed by atoms with Crippen molar-refractivity contribution < 1.29 is 28.8 Å². The van der Waals surface area contributed by atoms with Gasteiger partial charge >= 0.3 is 0 Å². The highest BCUT2D eigenvalue weighted by molar-refractivity contribution is 7.16. The second kappa shape index (κ2) is 22.8. The summed E-state index contributed by atoms with van der Waals surface area (Å²) in [4.78, 5) is 91.2. The standard InChI is InChI=1S/C49H54ClN9O6S2/c50-33-16-20-35(21-17-33)52-49-55-39(31-67-49)46-54-38(30-66-46)32-14-18-34(19-15-32)51-41(60)13-8-6-4-2-1-3-5-7-9-24-57-25-27-58(28-26-57)29-43(62)53-37-12-10-11-36-44(37)48(65)59(47(36)64)40-22-23-42(61)56-45(40)63/h10-12,14-21,30-31,40H,1-9,13,22-29H2,(H,51,60)(H,52,55)(H,53,62)(H,56,61,63). The number of thiazole rings is 2. The average molecular weight is 965 g/mol. The molecule has 3 aliphatic heterocycles. The summed E-state index contributed by atoms with van der Waals surface area (Å²) in [5.41, 5.74) is 4.81. The maximum absolute atomic E-state index is 13.4. The fourth-order valence-electron chi connectivity index (χ4n) is 8.60. The Hall–Kier alpha value is -5.85. The molecule has 6 amide bonds. The number of amides is 6. The lowest BCUT2D eigenvalue weighted by Gasteiger charge is -2.34. The Morgan fingerprint density at radius 3 is 2.10 bits per heavy atom. The van der Waals surface area contributed by atoms with Gasteiger partial charge in [-0.2, -0.15) is 0 Å². The van der Waals surface area contributed by atoms with Crippen molar-refractivity contribution in [2.24, 2.45) is 0 Å². The van der Waals surface area contributed by atoms with Gasteiger partial charge in [0.05, 0.1) is 29.1 Å². The van der Waals surface area contributed by atoms with Gasteiger partial charge in [0.1, 0.15) is 16.7 Å². The maximum Gasteiger partial charge on any atom is 0.264 e. The molecule has 15 nitrogen and oxygen atoms in total. The minimum Gasteiger partial charge on any atom is -0.332 e. The molecule has 8 rings (SSSR count).